The van der Waals surface area contributed by atoms with Gasteiger partial charge in [-0.2, -0.15) is 0 Å². The highest BCUT2D eigenvalue weighted by Gasteiger charge is 2.05. The van der Waals surface area contributed by atoms with Crippen LogP contribution in [-0.2, 0) is 11.3 Å². The van der Waals surface area contributed by atoms with Crippen LogP contribution in [0.25, 0.3) is 0 Å². The summed E-state index contributed by atoms with van der Waals surface area (Å²) in [5, 5.41) is 3.15. The lowest BCUT2D eigenvalue weighted by Gasteiger charge is -2.09. The van der Waals surface area contributed by atoms with Gasteiger partial charge in [-0.25, -0.2) is 4.39 Å². The van der Waals surface area contributed by atoms with Crippen LogP contribution in [0.15, 0.2) is 29.3 Å². The number of methoxy groups -OCH3 is 1. The quantitative estimate of drug-likeness (QED) is 0.746. The SMILES string of the molecule is COCCNCc1ccc(OC/C(C)=C/Cl)c(F)c1. The first-order valence-corrected chi connectivity index (χ1v) is 6.47. The summed E-state index contributed by atoms with van der Waals surface area (Å²) >= 11 is 5.51. The maximum absolute atomic E-state index is 13.7. The van der Waals surface area contributed by atoms with Crippen molar-refractivity contribution in [1.82, 2.24) is 5.32 Å². The molecule has 0 saturated heterocycles. The molecule has 0 spiro atoms. The Labute approximate surface area is 118 Å². The van der Waals surface area contributed by atoms with Gasteiger partial charge in [0.2, 0.25) is 0 Å². The molecule has 0 saturated carbocycles. The summed E-state index contributed by atoms with van der Waals surface area (Å²) in [6, 6.07) is 4.93. The summed E-state index contributed by atoms with van der Waals surface area (Å²) in [5.41, 5.74) is 3.13. The molecule has 0 heterocycles. The van der Waals surface area contributed by atoms with Crippen LogP contribution < -0.4 is 10.1 Å². The lowest BCUT2D eigenvalue weighted by atomic mass is 10.2. The summed E-state index contributed by atoms with van der Waals surface area (Å²) in [7, 11) is 1.64. The first-order valence-electron chi connectivity index (χ1n) is 6.04. The Hall–Kier alpha value is -1.10. The van der Waals surface area contributed by atoms with E-state index in [2.05, 4.69) is 5.32 Å². The van der Waals surface area contributed by atoms with E-state index in [1.165, 1.54) is 11.6 Å². The topological polar surface area (TPSA) is 30.5 Å². The zero-order valence-corrected chi connectivity index (χ0v) is 12.0. The van der Waals surface area contributed by atoms with Crippen LogP contribution in [0, 0.1) is 5.82 Å². The van der Waals surface area contributed by atoms with Crippen molar-refractivity contribution < 1.29 is 13.9 Å². The Kier molecular flexibility index (Phi) is 7.48. The zero-order valence-electron chi connectivity index (χ0n) is 11.2. The molecule has 0 unspecified atom stereocenters. The van der Waals surface area contributed by atoms with Crippen LogP contribution in [-0.4, -0.2) is 26.9 Å². The minimum Gasteiger partial charge on any atom is -0.486 e. The van der Waals surface area contributed by atoms with Gasteiger partial charge in [0.1, 0.15) is 6.61 Å². The maximum Gasteiger partial charge on any atom is 0.165 e. The van der Waals surface area contributed by atoms with Crippen molar-refractivity contribution in [2.24, 2.45) is 0 Å². The van der Waals surface area contributed by atoms with E-state index >= 15 is 0 Å². The van der Waals surface area contributed by atoms with Crippen LogP contribution in [0.5, 0.6) is 5.75 Å². The van der Waals surface area contributed by atoms with Crippen LogP contribution in [0.4, 0.5) is 4.39 Å². The second kappa shape index (κ2) is 8.91. The second-order valence-electron chi connectivity index (χ2n) is 4.18. The minimum atomic E-state index is -0.367. The monoisotopic (exact) mass is 287 g/mol. The minimum absolute atomic E-state index is 0.235. The average Bonchev–Trinajstić information content (AvgIpc) is 2.42. The molecule has 1 N–H and O–H groups in total. The number of halogens is 2. The molecule has 0 atom stereocenters. The smallest absolute Gasteiger partial charge is 0.165 e. The van der Waals surface area contributed by atoms with E-state index in [-0.39, 0.29) is 18.2 Å². The molecule has 106 valence electrons. The number of hydrogen-bond donors (Lipinski definition) is 1. The highest BCUT2D eigenvalue weighted by atomic mass is 35.5. The van der Waals surface area contributed by atoms with Crippen LogP contribution in [0.1, 0.15) is 12.5 Å². The molecule has 19 heavy (non-hydrogen) atoms. The standard InChI is InChI=1S/C14H19ClFNO2/c1-11(8-15)10-19-14-4-3-12(7-13(14)16)9-17-5-6-18-2/h3-4,7-8,17H,5-6,9-10H2,1-2H3/b11-8+. The van der Waals surface area contributed by atoms with Gasteiger partial charge in [0, 0.05) is 25.7 Å². The Morgan fingerprint density at radius 1 is 1.47 bits per heavy atom. The second-order valence-corrected chi connectivity index (χ2v) is 4.40. The normalized spacial score (nSPS) is 11.7. The number of nitrogens with one attached hydrogen (secondary N) is 1. The fourth-order valence-corrected chi connectivity index (χ4v) is 1.46. The number of benzene rings is 1. The number of rotatable bonds is 8. The molecular formula is C14H19ClFNO2. The Balaban J connectivity index is 2.49. The maximum atomic E-state index is 13.7. The third kappa shape index (κ3) is 6.05. The molecule has 0 fully saturated rings. The van der Waals surface area contributed by atoms with Gasteiger partial charge in [-0.3, -0.25) is 0 Å². The Bertz CT molecular complexity index is 424. The predicted molar refractivity (Wildman–Crippen MR) is 75.1 cm³/mol. The van der Waals surface area contributed by atoms with Crippen LogP contribution in [0.2, 0.25) is 0 Å². The van der Waals surface area contributed by atoms with Gasteiger partial charge >= 0.3 is 0 Å². The van der Waals surface area contributed by atoms with E-state index in [0.717, 1.165) is 17.7 Å². The molecule has 0 aliphatic heterocycles. The molecule has 0 radical (unpaired) electrons. The third-order valence-electron chi connectivity index (χ3n) is 2.45. The zero-order chi connectivity index (χ0) is 14.1. The Morgan fingerprint density at radius 3 is 2.89 bits per heavy atom. The fraction of sp³-hybridized carbons (Fsp3) is 0.429. The van der Waals surface area contributed by atoms with Crippen molar-refractivity contribution in [2.45, 2.75) is 13.5 Å². The van der Waals surface area contributed by atoms with Crippen molar-refractivity contribution in [2.75, 3.05) is 26.9 Å². The molecule has 1 rings (SSSR count). The van der Waals surface area contributed by atoms with E-state index in [1.807, 2.05) is 13.0 Å². The first-order chi connectivity index (χ1) is 9.17. The lowest BCUT2D eigenvalue weighted by Crippen LogP contribution is -2.18. The predicted octanol–water partition coefficient (Wildman–Crippen LogP) is 3.08. The van der Waals surface area contributed by atoms with Gasteiger partial charge in [0.15, 0.2) is 11.6 Å². The highest BCUT2D eigenvalue weighted by Crippen LogP contribution is 2.19. The molecule has 1 aromatic carbocycles. The lowest BCUT2D eigenvalue weighted by molar-refractivity contribution is 0.199. The molecule has 0 aromatic heterocycles. The summed E-state index contributed by atoms with van der Waals surface area (Å²) in [6.07, 6.45) is 0. The van der Waals surface area contributed by atoms with E-state index < -0.39 is 0 Å². The van der Waals surface area contributed by atoms with E-state index in [0.29, 0.717) is 13.2 Å². The molecule has 1 aromatic rings. The van der Waals surface area contributed by atoms with E-state index in [4.69, 9.17) is 21.1 Å². The molecule has 0 amide bonds. The molecule has 5 heteroatoms. The van der Waals surface area contributed by atoms with Gasteiger partial charge in [0.05, 0.1) is 6.61 Å². The van der Waals surface area contributed by atoms with Crippen molar-refractivity contribution in [1.29, 1.82) is 0 Å². The first kappa shape index (κ1) is 16.0. The van der Waals surface area contributed by atoms with Crippen molar-refractivity contribution in [3.05, 3.63) is 40.7 Å². The summed E-state index contributed by atoms with van der Waals surface area (Å²) < 4.78 is 24.0. The van der Waals surface area contributed by atoms with Gasteiger partial charge in [-0.05, 0) is 30.2 Å². The van der Waals surface area contributed by atoms with Crippen molar-refractivity contribution in [3.8, 4) is 5.75 Å². The molecular weight excluding hydrogens is 269 g/mol. The van der Waals surface area contributed by atoms with Gasteiger partial charge < -0.3 is 14.8 Å². The van der Waals surface area contributed by atoms with E-state index in [9.17, 15) is 4.39 Å². The highest BCUT2D eigenvalue weighted by molar-refractivity contribution is 6.25. The molecule has 0 bridgehead atoms. The fourth-order valence-electron chi connectivity index (χ4n) is 1.40. The van der Waals surface area contributed by atoms with Gasteiger partial charge in [-0.1, -0.05) is 17.7 Å². The summed E-state index contributed by atoms with van der Waals surface area (Å²) in [5.74, 6) is -0.132. The largest absolute Gasteiger partial charge is 0.486 e. The number of hydrogen-bond acceptors (Lipinski definition) is 3. The number of ether oxygens (including phenoxy) is 2. The summed E-state index contributed by atoms with van der Waals surface area (Å²) in [6.45, 7) is 4.07. The molecule has 3 nitrogen and oxygen atoms in total. The molecule has 0 aliphatic carbocycles. The summed E-state index contributed by atoms with van der Waals surface area (Å²) in [4.78, 5) is 0. The molecule has 0 aliphatic rings. The average molecular weight is 288 g/mol. The Morgan fingerprint density at radius 2 is 2.26 bits per heavy atom. The van der Waals surface area contributed by atoms with Gasteiger partial charge in [0.25, 0.3) is 0 Å². The third-order valence-corrected chi connectivity index (χ3v) is 2.82. The van der Waals surface area contributed by atoms with Crippen LogP contribution >= 0.6 is 11.6 Å². The van der Waals surface area contributed by atoms with Crippen molar-refractivity contribution in [3.63, 3.8) is 0 Å². The van der Waals surface area contributed by atoms with Gasteiger partial charge in [-0.15, -0.1) is 0 Å². The van der Waals surface area contributed by atoms with Crippen molar-refractivity contribution >= 4 is 11.6 Å². The van der Waals surface area contributed by atoms with E-state index in [1.54, 1.807) is 13.2 Å². The van der Waals surface area contributed by atoms with Crippen LogP contribution in [0.3, 0.4) is 0 Å².